The summed E-state index contributed by atoms with van der Waals surface area (Å²) < 4.78 is 0. The van der Waals surface area contributed by atoms with Crippen LogP contribution in [0, 0.1) is 0 Å². The van der Waals surface area contributed by atoms with Gasteiger partial charge in [0.15, 0.2) is 0 Å². The molecule has 0 spiro atoms. The Labute approximate surface area is 196 Å². The average molecular weight is 449 g/mol. The highest BCUT2D eigenvalue weighted by atomic mass is 32.1. The van der Waals surface area contributed by atoms with Crippen LogP contribution in [0.15, 0.2) is 0 Å². The average Bonchev–Trinajstić information content (AvgIpc) is 2.82. The molecule has 4 rings (SSSR count). The van der Waals surface area contributed by atoms with Crippen molar-refractivity contribution in [1.82, 2.24) is 9.80 Å². The SMILES string of the molecule is S=C(C(=S)N(C1CCCCC1)C1CCCCC1)N(C1CCCCC1)C1CCCCC1. The maximum Gasteiger partial charge on any atom is 0.137 e. The van der Waals surface area contributed by atoms with Gasteiger partial charge in [-0.05, 0) is 51.4 Å². The maximum absolute atomic E-state index is 6.32. The third kappa shape index (κ3) is 5.57. The number of thiocarbonyl (C=S) groups is 2. The number of hydrogen-bond donors (Lipinski definition) is 0. The molecule has 0 bridgehead atoms. The zero-order valence-electron chi connectivity index (χ0n) is 19.2. The van der Waals surface area contributed by atoms with Crippen LogP contribution < -0.4 is 0 Å². The second kappa shape index (κ2) is 11.6. The van der Waals surface area contributed by atoms with E-state index < -0.39 is 0 Å². The Morgan fingerprint density at radius 3 is 0.767 bits per heavy atom. The van der Waals surface area contributed by atoms with Crippen LogP contribution in [0.5, 0.6) is 0 Å². The summed E-state index contributed by atoms with van der Waals surface area (Å²) in [6, 6.07) is 2.58. The normalized spacial score (nSPS) is 25.7. The van der Waals surface area contributed by atoms with Crippen LogP contribution >= 0.6 is 24.4 Å². The predicted molar refractivity (Wildman–Crippen MR) is 136 cm³/mol. The Balaban J connectivity index is 1.55. The van der Waals surface area contributed by atoms with E-state index in [1.54, 1.807) is 0 Å². The van der Waals surface area contributed by atoms with Gasteiger partial charge in [0.25, 0.3) is 0 Å². The van der Waals surface area contributed by atoms with Gasteiger partial charge in [-0.25, -0.2) is 0 Å². The Bertz CT molecular complexity index is 467. The van der Waals surface area contributed by atoms with Gasteiger partial charge in [0.1, 0.15) is 9.98 Å². The van der Waals surface area contributed by atoms with Crippen molar-refractivity contribution in [1.29, 1.82) is 0 Å². The standard InChI is InChI=1S/C26H44N2S2/c29-25(27(21-13-5-1-6-14-21)22-15-7-2-8-16-22)26(30)28(23-17-9-3-10-18-23)24-19-11-4-12-20-24/h21-24H,1-20H2. The molecule has 4 heteroatoms. The highest BCUT2D eigenvalue weighted by Crippen LogP contribution is 2.34. The summed E-state index contributed by atoms with van der Waals surface area (Å²) in [6.07, 6.45) is 27.2. The van der Waals surface area contributed by atoms with Gasteiger partial charge in [-0.2, -0.15) is 0 Å². The number of hydrogen-bond acceptors (Lipinski definition) is 2. The molecule has 0 heterocycles. The van der Waals surface area contributed by atoms with Crippen molar-refractivity contribution >= 4 is 34.4 Å². The second-order valence-electron chi connectivity index (χ2n) is 10.6. The highest BCUT2D eigenvalue weighted by molar-refractivity contribution is 7.89. The Kier molecular flexibility index (Phi) is 8.87. The summed E-state index contributed by atoms with van der Waals surface area (Å²) in [6.45, 7) is 0. The van der Waals surface area contributed by atoms with Crippen molar-refractivity contribution in [3.8, 4) is 0 Å². The Morgan fingerprint density at radius 2 is 0.567 bits per heavy atom. The van der Waals surface area contributed by atoms with Crippen LogP contribution in [0.3, 0.4) is 0 Å². The second-order valence-corrected chi connectivity index (χ2v) is 11.4. The van der Waals surface area contributed by atoms with Gasteiger partial charge in [-0.1, -0.05) is 101 Å². The molecular weight excluding hydrogens is 404 g/mol. The maximum atomic E-state index is 6.32. The molecule has 4 saturated carbocycles. The third-order valence-corrected chi connectivity index (χ3v) is 9.46. The first-order valence-corrected chi connectivity index (χ1v) is 14.2. The predicted octanol–water partition coefficient (Wildman–Crippen LogP) is 7.58. The van der Waals surface area contributed by atoms with Crippen LogP contribution in [0.25, 0.3) is 0 Å². The molecule has 0 aromatic heterocycles. The van der Waals surface area contributed by atoms with Crippen molar-refractivity contribution in [2.75, 3.05) is 0 Å². The van der Waals surface area contributed by atoms with Gasteiger partial charge in [-0.15, -0.1) is 0 Å². The van der Waals surface area contributed by atoms with E-state index in [1.807, 2.05) is 0 Å². The molecule has 0 amide bonds. The first-order valence-electron chi connectivity index (χ1n) is 13.4. The van der Waals surface area contributed by atoms with E-state index in [-0.39, 0.29) is 0 Å². The van der Waals surface area contributed by atoms with Crippen LogP contribution in [0.4, 0.5) is 0 Å². The Morgan fingerprint density at radius 1 is 0.367 bits per heavy atom. The molecule has 2 nitrogen and oxygen atoms in total. The van der Waals surface area contributed by atoms with Gasteiger partial charge >= 0.3 is 0 Å². The fourth-order valence-electron chi connectivity index (χ4n) is 6.92. The minimum absolute atomic E-state index is 0.645. The van der Waals surface area contributed by atoms with E-state index >= 15 is 0 Å². The lowest BCUT2D eigenvalue weighted by Gasteiger charge is -2.48. The topological polar surface area (TPSA) is 6.48 Å². The molecule has 4 aliphatic carbocycles. The van der Waals surface area contributed by atoms with Gasteiger partial charge in [0.05, 0.1) is 0 Å². The van der Waals surface area contributed by atoms with E-state index in [1.165, 1.54) is 128 Å². The minimum Gasteiger partial charge on any atom is -0.354 e. The lowest BCUT2D eigenvalue weighted by molar-refractivity contribution is 0.149. The lowest BCUT2D eigenvalue weighted by Crippen LogP contribution is -2.57. The quantitative estimate of drug-likeness (QED) is 0.409. The fraction of sp³-hybridized carbons (Fsp3) is 0.923. The highest BCUT2D eigenvalue weighted by Gasteiger charge is 2.37. The summed E-state index contributed by atoms with van der Waals surface area (Å²) in [4.78, 5) is 7.57. The molecule has 0 unspecified atom stereocenters. The third-order valence-electron chi connectivity index (χ3n) is 8.52. The molecule has 0 radical (unpaired) electrons. The van der Waals surface area contributed by atoms with Crippen molar-refractivity contribution in [2.45, 2.75) is 153 Å². The van der Waals surface area contributed by atoms with Crippen LogP contribution in [0.1, 0.15) is 128 Å². The molecule has 0 N–H and O–H groups in total. The molecule has 0 aliphatic heterocycles. The molecule has 0 atom stereocenters. The molecule has 0 saturated heterocycles. The Hall–Kier alpha value is -0.220. The molecule has 4 aliphatic rings. The van der Waals surface area contributed by atoms with Crippen molar-refractivity contribution in [3.63, 3.8) is 0 Å². The molecule has 4 fully saturated rings. The summed E-state index contributed by atoms with van der Waals surface area (Å²) in [5.74, 6) is 0. The summed E-state index contributed by atoms with van der Waals surface area (Å²) in [7, 11) is 0. The zero-order chi connectivity index (χ0) is 20.8. The fourth-order valence-corrected chi connectivity index (χ4v) is 7.72. The van der Waals surface area contributed by atoms with Crippen LogP contribution in [-0.2, 0) is 0 Å². The van der Waals surface area contributed by atoms with Crippen LogP contribution in [0.2, 0.25) is 0 Å². The monoisotopic (exact) mass is 448 g/mol. The van der Waals surface area contributed by atoms with Crippen LogP contribution in [-0.4, -0.2) is 43.9 Å². The number of nitrogens with zero attached hydrogens (tertiary/aromatic N) is 2. The van der Waals surface area contributed by atoms with E-state index in [0.29, 0.717) is 24.2 Å². The number of rotatable bonds is 4. The molecule has 0 aromatic carbocycles. The van der Waals surface area contributed by atoms with Gasteiger partial charge < -0.3 is 9.80 Å². The lowest BCUT2D eigenvalue weighted by atomic mass is 9.87. The van der Waals surface area contributed by atoms with E-state index in [2.05, 4.69) is 9.80 Å². The minimum atomic E-state index is 0.645. The summed E-state index contributed by atoms with van der Waals surface area (Å²) in [5.41, 5.74) is 0. The molecule has 30 heavy (non-hydrogen) atoms. The van der Waals surface area contributed by atoms with Gasteiger partial charge in [0, 0.05) is 24.2 Å². The summed E-state index contributed by atoms with van der Waals surface area (Å²) in [5, 5.41) is 0. The first-order chi connectivity index (χ1) is 14.8. The smallest absolute Gasteiger partial charge is 0.137 e. The zero-order valence-corrected chi connectivity index (χ0v) is 20.8. The largest absolute Gasteiger partial charge is 0.354 e. The molecule has 170 valence electrons. The van der Waals surface area contributed by atoms with E-state index in [4.69, 9.17) is 24.4 Å². The van der Waals surface area contributed by atoms with Crippen molar-refractivity contribution in [2.24, 2.45) is 0 Å². The first kappa shape index (κ1) is 23.0. The van der Waals surface area contributed by atoms with E-state index in [0.717, 1.165) is 9.98 Å². The molecular formula is C26H44N2S2. The molecule has 0 aromatic rings. The summed E-state index contributed by atoms with van der Waals surface area (Å²) >= 11 is 12.6. The van der Waals surface area contributed by atoms with Crippen molar-refractivity contribution < 1.29 is 0 Å². The van der Waals surface area contributed by atoms with Gasteiger partial charge in [-0.3, -0.25) is 0 Å². The van der Waals surface area contributed by atoms with E-state index in [9.17, 15) is 0 Å². The van der Waals surface area contributed by atoms with Gasteiger partial charge in [0.2, 0.25) is 0 Å². The van der Waals surface area contributed by atoms with Crippen molar-refractivity contribution in [3.05, 3.63) is 0 Å².